The number of rotatable bonds is 9. The van der Waals surface area contributed by atoms with Crippen LogP contribution in [-0.4, -0.2) is 104 Å². The second-order valence-corrected chi connectivity index (χ2v) is 14.7. The largest absolute Gasteiger partial charge is 0.462 e. The number of amides is 1. The molecule has 3 aliphatic heterocycles. The zero-order chi connectivity index (χ0) is 38.1. The van der Waals surface area contributed by atoms with Gasteiger partial charge in [0.05, 0.1) is 35.9 Å². The van der Waals surface area contributed by atoms with Gasteiger partial charge in [0.2, 0.25) is 0 Å². The first-order chi connectivity index (χ1) is 26.8. The van der Waals surface area contributed by atoms with Crippen LogP contribution in [0, 0.1) is 25.2 Å². The fourth-order valence-electron chi connectivity index (χ4n) is 8.08. The Morgan fingerprint density at radius 2 is 1.84 bits per heavy atom. The van der Waals surface area contributed by atoms with E-state index in [1.807, 2.05) is 59.0 Å². The van der Waals surface area contributed by atoms with E-state index < -0.39 is 12.1 Å². The van der Waals surface area contributed by atoms with E-state index in [-0.39, 0.29) is 55.5 Å². The number of likely N-dealkylation sites (tertiary alicyclic amines) is 1. The summed E-state index contributed by atoms with van der Waals surface area (Å²) in [7, 11) is 2.07. The molecule has 3 aliphatic rings. The molecule has 15 nitrogen and oxygen atoms in total. The number of anilines is 1. The molecule has 0 N–H and O–H groups in total. The van der Waals surface area contributed by atoms with Crippen LogP contribution in [-0.2, 0) is 16.1 Å². The summed E-state index contributed by atoms with van der Waals surface area (Å²) >= 11 is 0. The first kappa shape index (κ1) is 36.4. The van der Waals surface area contributed by atoms with Gasteiger partial charge in [0.15, 0.2) is 17.6 Å². The average Bonchev–Trinajstić information content (AvgIpc) is 3.83. The third-order valence-corrected chi connectivity index (χ3v) is 11.1. The number of likely N-dealkylation sites (N-methyl/N-ethyl adjacent to an activating group) is 1. The van der Waals surface area contributed by atoms with Gasteiger partial charge in [0, 0.05) is 37.7 Å². The van der Waals surface area contributed by atoms with Crippen LogP contribution in [0.5, 0.6) is 6.01 Å². The molecule has 0 aliphatic carbocycles. The number of benzene rings is 2. The molecule has 2 aromatic carbocycles. The van der Waals surface area contributed by atoms with E-state index >= 15 is 0 Å². The van der Waals surface area contributed by atoms with E-state index in [1.165, 1.54) is 0 Å². The highest BCUT2D eigenvalue weighted by atomic mass is 16.6. The Morgan fingerprint density at radius 3 is 2.60 bits per heavy atom. The van der Waals surface area contributed by atoms with Crippen molar-refractivity contribution in [2.75, 3.05) is 51.3 Å². The van der Waals surface area contributed by atoms with E-state index in [1.54, 1.807) is 22.6 Å². The van der Waals surface area contributed by atoms with Crippen molar-refractivity contribution in [3.05, 3.63) is 76.0 Å². The second-order valence-electron chi connectivity index (χ2n) is 14.7. The van der Waals surface area contributed by atoms with Gasteiger partial charge in [-0.2, -0.15) is 20.3 Å². The lowest BCUT2D eigenvalue weighted by atomic mass is 10.1. The van der Waals surface area contributed by atoms with E-state index in [9.17, 15) is 14.9 Å². The van der Waals surface area contributed by atoms with Crippen LogP contribution in [0.25, 0.3) is 27.6 Å². The Hall–Kier alpha value is -5.59. The van der Waals surface area contributed by atoms with Crippen molar-refractivity contribution < 1.29 is 19.0 Å². The highest BCUT2D eigenvalue weighted by Crippen LogP contribution is 2.33. The summed E-state index contributed by atoms with van der Waals surface area (Å²) in [5.41, 5.74) is 3.40. The first-order valence-corrected chi connectivity index (χ1v) is 19.1. The van der Waals surface area contributed by atoms with Gasteiger partial charge < -0.3 is 28.9 Å². The van der Waals surface area contributed by atoms with Crippen molar-refractivity contribution in [2.24, 2.45) is 0 Å². The lowest BCUT2D eigenvalue weighted by Crippen LogP contribution is -2.55. The summed E-state index contributed by atoms with van der Waals surface area (Å²) in [6.07, 6.45) is 6.25. The number of ether oxygens (including phenoxy) is 3. The molecule has 8 rings (SSSR count). The standard InChI is InChI=1S/C40H46N10O5/c1-26-14-15-32-31(22-42-50(32)33-13-7-8-21-53-33)36(26)49-27(2)43-34-35(38(49)51)44-39(54-25-30-12-9-18-46(30)3)45-37(34)47-19-20-48(29(23-47)16-17-41)40(52)55-24-28-10-5-4-6-11-28/h4-6,10-11,14-15,22,29-30,33H,7-9,12-13,16,18-21,23-25H2,1-3H3/t29-,30?,33?/m0/s1. The van der Waals surface area contributed by atoms with Gasteiger partial charge in [-0.25, -0.2) is 14.5 Å². The molecule has 0 saturated carbocycles. The number of hydrogen-bond acceptors (Lipinski definition) is 12. The summed E-state index contributed by atoms with van der Waals surface area (Å²) in [6, 6.07) is 15.5. The summed E-state index contributed by atoms with van der Waals surface area (Å²) in [5.74, 6) is 0.877. The SMILES string of the molecule is Cc1ccc2c(cnn2C2CCCCO2)c1-n1c(C)nc2c(N3CCN(C(=O)OCc4ccccc4)[C@@H](CC#N)C3)nc(OCC3CCCN3C)nc2c1=O. The van der Waals surface area contributed by atoms with Gasteiger partial charge in [0.1, 0.15) is 24.6 Å². The molecule has 0 radical (unpaired) electrons. The van der Waals surface area contributed by atoms with Crippen molar-refractivity contribution in [2.45, 2.75) is 77.3 Å². The minimum Gasteiger partial charge on any atom is -0.462 e. The highest BCUT2D eigenvalue weighted by molar-refractivity contribution is 5.91. The number of aryl methyl sites for hydroxylation is 2. The second kappa shape index (κ2) is 15.6. The fraction of sp³-hybridized carbons (Fsp3) is 0.475. The van der Waals surface area contributed by atoms with Gasteiger partial charge >= 0.3 is 12.1 Å². The van der Waals surface area contributed by atoms with Crippen molar-refractivity contribution >= 4 is 33.8 Å². The molecule has 3 atom stereocenters. The van der Waals surface area contributed by atoms with Gasteiger partial charge in [-0.1, -0.05) is 36.4 Å². The zero-order valence-electron chi connectivity index (χ0n) is 31.6. The Kier molecular flexibility index (Phi) is 10.3. The number of carbonyl (C=O) groups is 1. The number of carbonyl (C=O) groups excluding carboxylic acids is 1. The molecule has 0 bridgehead atoms. The normalized spacial score (nSPS) is 20.6. The van der Waals surface area contributed by atoms with Gasteiger partial charge in [-0.15, -0.1) is 0 Å². The molecule has 15 heteroatoms. The lowest BCUT2D eigenvalue weighted by Gasteiger charge is -2.40. The van der Waals surface area contributed by atoms with Crippen LogP contribution in [0.4, 0.5) is 10.6 Å². The number of nitrogens with zero attached hydrogens (tertiary/aromatic N) is 10. The number of aromatic nitrogens is 6. The van der Waals surface area contributed by atoms with Crippen molar-refractivity contribution in [3.8, 4) is 17.8 Å². The number of nitriles is 1. The topological polar surface area (TPSA) is 157 Å². The van der Waals surface area contributed by atoms with E-state index in [0.717, 1.165) is 60.7 Å². The molecular formula is C40H46N10O5. The smallest absolute Gasteiger partial charge is 0.410 e. The Labute approximate surface area is 319 Å². The van der Waals surface area contributed by atoms with Crippen LogP contribution in [0.3, 0.4) is 0 Å². The molecule has 55 heavy (non-hydrogen) atoms. The molecule has 5 aromatic rings. The van der Waals surface area contributed by atoms with E-state index in [4.69, 9.17) is 34.3 Å². The first-order valence-electron chi connectivity index (χ1n) is 19.1. The van der Waals surface area contributed by atoms with Crippen LogP contribution >= 0.6 is 0 Å². The van der Waals surface area contributed by atoms with Gasteiger partial charge in [-0.3, -0.25) is 9.36 Å². The summed E-state index contributed by atoms with van der Waals surface area (Å²) in [6.45, 7) is 6.86. The Bertz CT molecular complexity index is 2300. The quantitative estimate of drug-likeness (QED) is 0.198. The molecule has 3 aromatic heterocycles. The fourth-order valence-corrected chi connectivity index (χ4v) is 8.08. The minimum absolute atomic E-state index is 0.0795. The highest BCUT2D eigenvalue weighted by Gasteiger charge is 2.34. The van der Waals surface area contributed by atoms with Gasteiger partial charge in [0.25, 0.3) is 5.56 Å². The average molecular weight is 747 g/mol. The van der Waals surface area contributed by atoms with Crippen LogP contribution in [0.15, 0.2) is 53.5 Å². The predicted molar refractivity (Wildman–Crippen MR) is 205 cm³/mol. The van der Waals surface area contributed by atoms with E-state index in [2.05, 4.69) is 18.0 Å². The van der Waals surface area contributed by atoms with Crippen LogP contribution in [0.1, 0.15) is 61.7 Å². The lowest BCUT2D eigenvalue weighted by molar-refractivity contribution is -0.0366. The molecular weight excluding hydrogens is 701 g/mol. The van der Waals surface area contributed by atoms with Gasteiger partial charge in [-0.05, 0) is 76.7 Å². The zero-order valence-corrected chi connectivity index (χ0v) is 31.6. The molecule has 3 saturated heterocycles. The van der Waals surface area contributed by atoms with Crippen molar-refractivity contribution in [1.29, 1.82) is 5.26 Å². The molecule has 6 heterocycles. The maximum atomic E-state index is 14.8. The minimum atomic E-state index is -0.491. The Morgan fingerprint density at radius 1 is 0.982 bits per heavy atom. The van der Waals surface area contributed by atoms with Crippen LogP contribution in [0.2, 0.25) is 0 Å². The Balaban J connectivity index is 1.17. The molecule has 3 fully saturated rings. The molecule has 1 amide bonds. The molecule has 0 spiro atoms. The maximum Gasteiger partial charge on any atom is 0.410 e. The summed E-state index contributed by atoms with van der Waals surface area (Å²) < 4.78 is 21.5. The third-order valence-electron chi connectivity index (χ3n) is 11.1. The van der Waals surface area contributed by atoms with Crippen molar-refractivity contribution in [1.82, 2.24) is 39.1 Å². The summed E-state index contributed by atoms with van der Waals surface area (Å²) in [5, 5.41) is 15.4. The van der Waals surface area contributed by atoms with Crippen LogP contribution < -0.4 is 15.2 Å². The number of hydrogen-bond donors (Lipinski definition) is 0. The molecule has 286 valence electrons. The monoisotopic (exact) mass is 746 g/mol. The summed E-state index contributed by atoms with van der Waals surface area (Å²) in [4.78, 5) is 48.6. The third kappa shape index (κ3) is 7.19. The van der Waals surface area contributed by atoms with Crippen molar-refractivity contribution in [3.63, 3.8) is 0 Å². The predicted octanol–water partition coefficient (Wildman–Crippen LogP) is 5.06. The number of piperazine rings is 1. The molecule has 2 unspecified atom stereocenters. The van der Waals surface area contributed by atoms with E-state index in [0.29, 0.717) is 42.6 Å². The maximum absolute atomic E-state index is 14.8. The number of fused-ring (bicyclic) bond motifs is 2.